The Morgan fingerprint density at radius 1 is 1.11 bits per heavy atom. The van der Waals surface area contributed by atoms with Gasteiger partial charge < -0.3 is 4.74 Å². The van der Waals surface area contributed by atoms with E-state index < -0.39 is 6.36 Å². The van der Waals surface area contributed by atoms with Gasteiger partial charge in [0.25, 0.3) is 0 Å². The van der Waals surface area contributed by atoms with Crippen molar-refractivity contribution in [3.8, 4) is 22.8 Å². The molecule has 4 aromatic rings. The van der Waals surface area contributed by atoms with Crippen molar-refractivity contribution in [1.29, 1.82) is 0 Å². The zero-order valence-corrected chi connectivity index (χ0v) is 25.0. The summed E-state index contributed by atoms with van der Waals surface area (Å²) in [7, 11) is 0. The summed E-state index contributed by atoms with van der Waals surface area (Å²) in [5, 5.41) is 9.22. The van der Waals surface area contributed by atoms with E-state index in [9.17, 15) is 18.0 Å². The lowest BCUT2D eigenvalue weighted by Gasteiger charge is -2.19. The number of anilines is 1. The number of nitrogens with zero attached hydrogens (tertiary/aromatic N) is 6. The van der Waals surface area contributed by atoms with E-state index in [-0.39, 0.29) is 22.5 Å². The van der Waals surface area contributed by atoms with Crippen LogP contribution in [0.1, 0.15) is 30.9 Å². The molecule has 1 saturated heterocycles. The predicted molar refractivity (Wildman–Crippen MR) is 169 cm³/mol. The minimum absolute atomic E-state index is 0.0446. The molecule has 0 saturated carbocycles. The minimum Gasteiger partial charge on any atom is -0.406 e. The summed E-state index contributed by atoms with van der Waals surface area (Å²) in [5.41, 5.74) is 6.69. The van der Waals surface area contributed by atoms with E-state index in [1.165, 1.54) is 47.0 Å². The second-order valence-electron chi connectivity index (χ2n) is 9.50. The summed E-state index contributed by atoms with van der Waals surface area (Å²) in [6.07, 6.45) is 1.24. The van der Waals surface area contributed by atoms with Crippen LogP contribution in [-0.2, 0) is 11.2 Å². The maximum atomic E-state index is 12.7. The Kier molecular flexibility index (Phi) is 9.70. The van der Waals surface area contributed by atoms with Crippen molar-refractivity contribution in [2.24, 2.45) is 10.1 Å². The fourth-order valence-electron chi connectivity index (χ4n) is 4.30. The number of hydrogen-bond donors (Lipinski definition) is 1. The highest BCUT2D eigenvalue weighted by molar-refractivity contribution is 8.15. The van der Waals surface area contributed by atoms with Crippen LogP contribution in [0, 0.1) is 0 Å². The van der Waals surface area contributed by atoms with Crippen molar-refractivity contribution >= 4 is 52.1 Å². The summed E-state index contributed by atoms with van der Waals surface area (Å²) in [6.45, 7) is 2.13. The maximum Gasteiger partial charge on any atom is 0.573 e. The first-order valence-corrected chi connectivity index (χ1v) is 14.9. The van der Waals surface area contributed by atoms with Gasteiger partial charge in [-0.25, -0.2) is 9.67 Å². The molecule has 5 rings (SSSR count). The van der Waals surface area contributed by atoms with Crippen molar-refractivity contribution in [3.05, 3.63) is 90.3 Å². The second-order valence-corrected chi connectivity index (χ2v) is 10.8. The van der Waals surface area contributed by atoms with E-state index in [2.05, 4.69) is 37.3 Å². The van der Waals surface area contributed by atoms with Gasteiger partial charge in [0, 0.05) is 5.56 Å². The number of benzene rings is 3. The number of aromatic nitrogens is 3. The highest BCUT2D eigenvalue weighted by Crippen LogP contribution is 2.30. The van der Waals surface area contributed by atoms with Gasteiger partial charge in [-0.15, -0.1) is 18.3 Å². The van der Waals surface area contributed by atoms with E-state index in [4.69, 9.17) is 12.2 Å². The molecule has 1 aliphatic rings. The van der Waals surface area contributed by atoms with Crippen molar-refractivity contribution in [1.82, 2.24) is 20.2 Å². The zero-order valence-electron chi connectivity index (χ0n) is 23.4. The third-order valence-corrected chi connectivity index (χ3v) is 7.47. The standard InChI is InChI=1S/C30H26F3N7O2S2/c1-2-3-6-21-7-4-5-8-25(21)40-26(41)18-44-29(40)36-28(43)37-35-17-20-9-11-22(12-10-20)27-34-19-39(38-27)23-13-15-24(16-14-23)42-30(31,32)33/h4-5,7-17,19H,2-3,6,18H2,1H3,(H,37,43)/b35-17+,36-29?. The van der Waals surface area contributed by atoms with Crippen LogP contribution in [0.3, 0.4) is 0 Å². The number of alkyl halides is 3. The molecule has 9 nitrogen and oxygen atoms in total. The third-order valence-electron chi connectivity index (χ3n) is 6.36. The Hall–Kier alpha value is -4.56. The number of hydrogen-bond acceptors (Lipinski definition) is 7. The first-order valence-electron chi connectivity index (χ1n) is 13.5. The van der Waals surface area contributed by atoms with Gasteiger partial charge in [-0.3, -0.25) is 15.1 Å². The van der Waals surface area contributed by atoms with Crippen molar-refractivity contribution in [3.63, 3.8) is 0 Å². The van der Waals surface area contributed by atoms with Gasteiger partial charge in [-0.05, 0) is 66.5 Å². The van der Waals surface area contributed by atoms with Gasteiger partial charge in [-0.1, -0.05) is 67.6 Å². The Bertz CT molecular complexity index is 1690. The summed E-state index contributed by atoms with van der Waals surface area (Å²) < 4.78 is 42.5. The summed E-state index contributed by atoms with van der Waals surface area (Å²) in [6, 6.07) is 20.4. The van der Waals surface area contributed by atoms with Crippen LogP contribution in [0.25, 0.3) is 17.1 Å². The average Bonchev–Trinajstić information content (AvgIpc) is 3.63. The molecule has 44 heavy (non-hydrogen) atoms. The van der Waals surface area contributed by atoms with Crippen molar-refractivity contribution < 1.29 is 22.7 Å². The number of amides is 1. The number of carbonyl (C=O) groups excluding carboxylic acids is 1. The average molecular weight is 638 g/mol. The topological polar surface area (TPSA) is 97.0 Å². The quantitative estimate of drug-likeness (QED) is 0.127. The highest BCUT2D eigenvalue weighted by Gasteiger charge is 2.32. The molecule has 0 spiro atoms. The molecular formula is C30H26F3N7O2S2. The van der Waals surface area contributed by atoms with Crippen LogP contribution < -0.4 is 15.1 Å². The Balaban J connectivity index is 1.20. The molecule has 0 radical (unpaired) electrons. The van der Waals surface area contributed by atoms with E-state index in [1.54, 1.807) is 11.1 Å². The Labute approximate surface area is 260 Å². The molecule has 0 unspecified atom stereocenters. The zero-order chi connectivity index (χ0) is 31.1. The van der Waals surface area contributed by atoms with E-state index in [0.29, 0.717) is 16.7 Å². The van der Waals surface area contributed by atoms with Crippen LogP contribution in [-0.4, -0.2) is 49.3 Å². The van der Waals surface area contributed by atoms with Gasteiger partial charge in [0.15, 0.2) is 11.0 Å². The normalized spacial score (nSPS) is 14.5. The molecule has 2 heterocycles. The molecule has 1 amide bonds. The lowest BCUT2D eigenvalue weighted by atomic mass is 10.1. The van der Waals surface area contributed by atoms with Crippen LogP contribution in [0.15, 0.2) is 89.2 Å². The number of nitrogens with one attached hydrogen (secondary N) is 1. The molecule has 0 atom stereocenters. The van der Waals surface area contributed by atoms with Gasteiger partial charge in [0.2, 0.25) is 11.0 Å². The Morgan fingerprint density at radius 2 is 1.86 bits per heavy atom. The molecule has 0 aliphatic carbocycles. The lowest BCUT2D eigenvalue weighted by molar-refractivity contribution is -0.274. The Morgan fingerprint density at radius 3 is 2.59 bits per heavy atom. The fraction of sp³-hybridized carbons (Fsp3) is 0.200. The van der Waals surface area contributed by atoms with E-state index in [1.807, 2.05) is 48.5 Å². The molecule has 226 valence electrons. The third kappa shape index (κ3) is 7.88. The largest absolute Gasteiger partial charge is 0.573 e. The van der Waals surface area contributed by atoms with Crippen LogP contribution in [0.2, 0.25) is 0 Å². The number of amidine groups is 1. The van der Waals surface area contributed by atoms with Gasteiger partial charge in [0.1, 0.15) is 12.1 Å². The summed E-state index contributed by atoms with van der Waals surface area (Å²) >= 11 is 6.70. The molecule has 14 heteroatoms. The number of rotatable bonds is 9. The highest BCUT2D eigenvalue weighted by atomic mass is 32.2. The molecule has 3 aromatic carbocycles. The van der Waals surface area contributed by atoms with Gasteiger partial charge in [0.05, 0.1) is 23.3 Å². The molecule has 0 bridgehead atoms. The molecule has 1 N–H and O–H groups in total. The first kappa shape index (κ1) is 30.9. The lowest BCUT2D eigenvalue weighted by Crippen LogP contribution is -2.31. The molecular weight excluding hydrogens is 612 g/mol. The minimum atomic E-state index is -4.76. The fourth-order valence-corrected chi connectivity index (χ4v) is 5.37. The smallest absolute Gasteiger partial charge is 0.406 e. The molecule has 1 aromatic heterocycles. The number of thiocarbonyl (C=S) groups is 1. The number of aliphatic imine (C=N–C) groups is 1. The number of unbranched alkanes of at least 4 members (excludes halogenated alkanes) is 1. The molecule has 1 fully saturated rings. The number of carbonyl (C=O) groups is 1. The van der Waals surface area contributed by atoms with Crippen LogP contribution in [0.4, 0.5) is 18.9 Å². The number of thioether (sulfide) groups is 1. The van der Waals surface area contributed by atoms with Crippen molar-refractivity contribution in [2.75, 3.05) is 10.7 Å². The second kappa shape index (κ2) is 13.8. The number of halogens is 3. The first-order chi connectivity index (χ1) is 21.2. The number of hydrazone groups is 1. The van der Waals surface area contributed by atoms with Crippen LogP contribution in [0.5, 0.6) is 5.75 Å². The van der Waals surface area contributed by atoms with E-state index in [0.717, 1.165) is 41.6 Å². The molecule has 1 aliphatic heterocycles. The monoisotopic (exact) mass is 637 g/mol. The summed E-state index contributed by atoms with van der Waals surface area (Å²) in [4.78, 5) is 23.1. The summed E-state index contributed by atoms with van der Waals surface area (Å²) in [5.74, 6) is 0.357. The van der Waals surface area contributed by atoms with E-state index >= 15 is 0 Å². The van der Waals surface area contributed by atoms with Gasteiger partial charge >= 0.3 is 6.36 Å². The van der Waals surface area contributed by atoms with Gasteiger partial charge in [-0.2, -0.15) is 10.1 Å². The SMILES string of the molecule is CCCCc1ccccc1N1C(=O)CSC1=NC(=S)N/N=C/c1ccc(-c2ncn(-c3ccc(OC(F)(F)F)cc3)n2)cc1. The number of ether oxygens (including phenoxy) is 1. The van der Waals surface area contributed by atoms with Crippen molar-refractivity contribution in [2.45, 2.75) is 32.5 Å². The predicted octanol–water partition coefficient (Wildman–Crippen LogP) is 6.52. The maximum absolute atomic E-state index is 12.7. The number of para-hydroxylation sites is 1. The number of aryl methyl sites for hydroxylation is 1. The van der Waals surface area contributed by atoms with Crippen LogP contribution >= 0.6 is 24.0 Å².